The Labute approximate surface area is 126 Å². The molecule has 0 aliphatic heterocycles. The molecule has 0 spiro atoms. The summed E-state index contributed by atoms with van der Waals surface area (Å²) >= 11 is 0. The van der Waals surface area contributed by atoms with Crippen LogP contribution in [0.1, 0.15) is 23.6 Å². The minimum absolute atomic E-state index is 0.508. The van der Waals surface area contributed by atoms with Gasteiger partial charge in [0.05, 0.1) is 7.11 Å². The highest BCUT2D eigenvalue weighted by Gasteiger charge is 2.06. The summed E-state index contributed by atoms with van der Waals surface area (Å²) < 4.78 is 11.3. The van der Waals surface area contributed by atoms with Crippen LogP contribution in [-0.2, 0) is 19.6 Å². The standard InChI is InChI=1S/C18H23NO2/c1-4-14-6-5-7-17(11-14)21-13-16-10-15(12-19-2)8-9-18(16)20-3/h5-11,19H,4,12-13H2,1-3H3. The van der Waals surface area contributed by atoms with E-state index in [-0.39, 0.29) is 0 Å². The monoisotopic (exact) mass is 285 g/mol. The summed E-state index contributed by atoms with van der Waals surface area (Å²) in [5.74, 6) is 1.76. The molecule has 0 bridgehead atoms. The van der Waals surface area contributed by atoms with E-state index >= 15 is 0 Å². The molecule has 3 nitrogen and oxygen atoms in total. The lowest BCUT2D eigenvalue weighted by atomic mass is 10.1. The van der Waals surface area contributed by atoms with Crippen molar-refractivity contribution in [3.05, 3.63) is 59.2 Å². The third-order valence-electron chi connectivity index (χ3n) is 3.43. The van der Waals surface area contributed by atoms with Crippen LogP contribution in [0.25, 0.3) is 0 Å². The third kappa shape index (κ3) is 4.23. The van der Waals surface area contributed by atoms with Crippen LogP contribution in [0.5, 0.6) is 11.5 Å². The van der Waals surface area contributed by atoms with Crippen LogP contribution < -0.4 is 14.8 Å². The molecular weight excluding hydrogens is 262 g/mol. The van der Waals surface area contributed by atoms with Crippen LogP contribution >= 0.6 is 0 Å². The van der Waals surface area contributed by atoms with Crippen molar-refractivity contribution in [3.8, 4) is 11.5 Å². The van der Waals surface area contributed by atoms with E-state index in [4.69, 9.17) is 9.47 Å². The zero-order valence-electron chi connectivity index (χ0n) is 13.0. The second-order valence-corrected chi connectivity index (χ2v) is 4.97. The lowest BCUT2D eigenvalue weighted by Gasteiger charge is -2.12. The molecule has 0 aromatic heterocycles. The smallest absolute Gasteiger partial charge is 0.125 e. The van der Waals surface area contributed by atoms with Crippen LogP contribution in [0.15, 0.2) is 42.5 Å². The molecule has 0 amide bonds. The lowest BCUT2D eigenvalue weighted by Crippen LogP contribution is -2.06. The molecule has 2 rings (SSSR count). The van der Waals surface area contributed by atoms with Crippen LogP contribution in [0.3, 0.4) is 0 Å². The van der Waals surface area contributed by atoms with Gasteiger partial charge in [0, 0.05) is 12.1 Å². The number of aryl methyl sites for hydroxylation is 1. The van der Waals surface area contributed by atoms with Gasteiger partial charge < -0.3 is 14.8 Å². The van der Waals surface area contributed by atoms with Gasteiger partial charge in [-0.2, -0.15) is 0 Å². The molecule has 0 heterocycles. The molecule has 0 radical (unpaired) electrons. The van der Waals surface area contributed by atoms with Gasteiger partial charge in [-0.15, -0.1) is 0 Å². The van der Waals surface area contributed by atoms with Crippen molar-refractivity contribution < 1.29 is 9.47 Å². The van der Waals surface area contributed by atoms with Gasteiger partial charge in [0.25, 0.3) is 0 Å². The minimum Gasteiger partial charge on any atom is -0.496 e. The predicted octanol–water partition coefficient (Wildman–Crippen LogP) is 3.56. The Hall–Kier alpha value is -2.00. The fraction of sp³-hybridized carbons (Fsp3) is 0.333. The van der Waals surface area contributed by atoms with Crippen molar-refractivity contribution in [1.82, 2.24) is 5.32 Å². The average molecular weight is 285 g/mol. The summed E-state index contributed by atoms with van der Waals surface area (Å²) in [6, 6.07) is 14.4. The molecule has 112 valence electrons. The minimum atomic E-state index is 0.508. The van der Waals surface area contributed by atoms with Crippen LogP contribution in [-0.4, -0.2) is 14.2 Å². The number of nitrogens with one attached hydrogen (secondary N) is 1. The normalized spacial score (nSPS) is 10.4. The van der Waals surface area contributed by atoms with Crippen molar-refractivity contribution in [2.75, 3.05) is 14.2 Å². The van der Waals surface area contributed by atoms with Gasteiger partial charge >= 0.3 is 0 Å². The van der Waals surface area contributed by atoms with Crippen molar-refractivity contribution in [2.45, 2.75) is 26.5 Å². The van der Waals surface area contributed by atoms with Crippen molar-refractivity contribution >= 4 is 0 Å². The first-order valence-electron chi connectivity index (χ1n) is 7.29. The molecule has 0 unspecified atom stereocenters. The molecule has 1 N–H and O–H groups in total. The number of rotatable bonds is 7. The summed E-state index contributed by atoms with van der Waals surface area (Å²) in [5, 5.41) is 3.16. The van der Waals surface area contributed by atoms with E-state index in [2.05, 4.69) is 36.5 Å². The molecule has 0 fully saturated rings. The van der Waals surface area contributed by atoms with Crippen LogP contribution in [0.2, 0.25) is 0 Å². The molecular formula is C18H23NO2. The highest BCUT2D eigenvalue weighted by Crippen LogP contribution is 2.23. The molecule has 0 saturated heterocycles. The highest BCUT2D eigenvalue weighted by atomic mass is 16.5. The fourth-order valence-electron chi connectivity index (χ4n) is 2.28. The van der Waals surface area contributed by atoms with E-state index < -0.39 is 0 Å². The first-order chi connectivity index (χ1) is 10.3. The van der Waals surface area contributed by atoms with Gasteiger partial charge in [-0.3, -0.25) is 0 Å². The third-order valence-corrected chi connectivity index (χ3v) is 3.43. The molecule has 0 aliphatic rings. The largest absolute Gasteiger partial charge is 0.496 e. The average Bonchev–Trinajstić information content (AvgIpc) is 2.53. The number of ether oxygens (including phenoxy) is 2. The number of benzene rings is 2. The lowest BCUT2D eigenvalue weighted by molar-refractivity contribution is 0.296. The first-order valence-corrected chi connectivity index (χ1v) is 7.29. The second kappa shape index (κ2) is 7.70. The molecule has 0 atom stereocenters. The fourth-order valence-corrected chi connectivity index (χ4v) is 2.28. The summed E-state index contributed by atoms with van der Waals surface area (Å²) in [7, 11) is 3.63. The Bertz CT molecular complexity index is 581. The maximum atomic E-state index is 5.91. The number of hydrogen-bond acceptors (Lipinski definition) is 3. The molecule has 0 aliphatic carbocycles. The second-order valence-electron chi connectivity index (χ2n) is 4.97. The van der Waals surface area contributed by atoms with Gasteiger partial charge in [0.1, 0.15) is 18.1 Å². The van der Waals surface area contributed by atoms with E-state index in [1.54, 1.807) is 7.11 Å². The van der Waals surface area contributed by atoms with Crippen molar-refractivity contribution in [3.63, 3.8) is 0 Å². The number of methoxy groups -OCH3 is 1. The van der Waals surface area contributed by atoms with Crippen molar-refractivity contribution in [2.24, 2.45) is 0 Å². The van der Waals surface area contributed by atoms with Gasteiger partial charge in [-0.05, 0) is 48.9 Å². The van der Waals surface area contributed by atoms with Crippen LogP contribution in [0, 0.1) is 0 Å². The summed E-state index contributed by atoms with van der Waals surface area (Å²) in [6.45, 7) is 3.49. The van der Waals surface area contributed by atoms with E-state index in [1.165, 1.54) is 11.1 Å². The highest BCUT2D eigenvalue weighted by molar-refractivity contribution is 5.37. The Morgan fingerprint density at radius 2 is 1.90 bits per heavy atom. The zero-order chi connectivity index (χ0) is 15.1. The first kappa shape index (κ1) is 15.4. The Kier molecular flexibility index (Phi) is 5.64. The molecule has 3 heteroatoms. The van der Waals surface area contributed by atoms with E-state index in [1.807, 2.05) is 25.2 Å². The van der Waals surface area contributed by atoms with Gasteiger partial charge in [0.2, 0.25) is 0 Å². The molecule has 2 aromatic carbocycles. The summed E-state index contributed by atoms with van der Waals surface area (Å²) in [6.07, 6.45) is 1.01. The molecule has 0 saturated carbocycles. The Balaban J connectivity index is 2.12. The van der Waals surface area contributed by atoms with Gasteiger partial charge in [-0.25, -0.2) is 0 Å². The van der Waals surface area contributed by atoms with E-state index in [9.17, 15) is 0 Å². The van der Waals surface area contributed by atoms with Gasteiger partial charge in [-0.1, -0.05) is 25.1 Å². The van der Waals surface area contributed by atoms with Crippen LogP contribution in [0.4, 0.5) is 0 Å². The predicted molar refractivity (Wildman–Crippen MR) is 85.9 cm³/mol. The van der Waals surface area contributed by atoms with Crippen molar-refractivity contribution in [1.29, 1.82) is 0 Å². The molecule has 21 heavy (non-hydrogen) atoms. The Morgan fingerprint density at radius 1 is 1.05 bits per heavy atom. The maximum absolute atomic E-state index is 5.91. The van der Waals surface area contributed by atoms with Gasteiger partial charge in [0.15, 0.2) is 0 Å². The zero-order valence-corrected chi connectivity index (χ0v) is 13.0. The summed E-state index contributed by atoms with van der Waals surface area (Å²) in [4.78, 5) is 0. The SMILES string of the molecule is CCc1cccc(OCc2cc(CNC)ccc2OC)c1. The summed E-state index contributed by atoms with van der Waals surface area (Å²) in [5.41, 5.74) is 3.56. The topological polar surface area (TPSA) is 30.5 Å². The maximum Gasteiger partial charge on any atom is 0.125 e. The molecule has 2 aromatic rings. The quantitative estimate of drug-likeness (QED) is 0.844. The van der Waals surface area contributed by atoms with E-state index in [0.717, 1.165) is 30.0 Å². The number of hydrogen-bond donors (Lipinski definition) is 1. The van der Waals surface area contributed by atoms with E-state index in [0.29, 0.717) is 6.61 Å². The Morgan fingerprint density at radius 3 is 2.62 bits per heavy atom.